The van der Waals surface area contributed by atoms with Gasteiger partial charge in [0.15, 0.2) is 0 Å². The maximum absolute atomic E-state index is 12.4. The van der Waals surface area contributed by atoms with Gasteiger partial charge in [-0.1, -0.05) is 18.2 Å². The van der Waals surface area contributed by atoms with E-state index in [0.29, 0.717) is 5.56 Å². The van der Waals surface area contributed by atoms with Crippen LogP contribution in [0.25, 0.3) is 17.0 Å². The van der Waals surface area contributed by atoms with Crippen LogP contribution in [0.1, 0.15) is 12.5 Å². The van der Waals surface area contributed by atoms with E-state index in [1.807, 2.05) is 24.3 Å². The molecule has 8 heteroatoms. The van der Waals surface area contributed by atoms with E-state index >= 15 is 0 Å². The molecule has 0 spiro atoms. The first kappa shape index (κ1) is 16.4. The van der Waals surface area contributed by atoms with Gasteiger partial charge in [-0.25, -0.2) is 4.79 Å². The molecule has 0 bridgehead atoms. The lowest BCUT2D eigenvalue weighted by Crippen LogP contribution is -2.53. The Balaban J connectivity index is 2.11. The van der Waals surface area contributed by atoms with Crippen molar-refractivity contribution in [3.63, 3.8) is 0 Å². The normalized spacial score (nSPS) is 16.6. The van der Waals surface area contributed by atoms with E-state index in [2.05, 4.69) is 5.32 Å². The molecule has 0 atom stereocenters. The Kier molecular flexibility index (Phi) is 4.10. The maximum atomic E-state index is 12.4. The summed E-state index contributed by atoms with van der Waals surface area (Å²) in [6, 6.07) is 6.51. The summed E-state index contributed by atoms with van der Waals surface area (Å²) in [6.45, 7) is 1.77. The zero-order valence-corrected chi connectivity index (χ0v) is 13.5. The molecule has 0 radical (unpaired) electrons. The van der Waals surface area contributed by atoms with Crippen molar-refractivity contribution in [1.29, 1.82) is 0 Å². The number of amides is 5. The van der Waals surface area contributed by atoms with Gasteiger partial charge in [-0.05, 0) is 19.1 Å². The SMILES string of the molecule is CCN1C(=O)NC(=O)/C(=C\c2cn(CC(N)=O)c3ccccc23)C1=O. The number of likely N-dealkylation sites (N-methyl/N-ethyl adjacent to an activating group) is 1. The van der Waals surface area contributed by atoms with Gasteiger partial charge in [0.25, 0.3) is 11.8 Å². The van der Waals surface area contributed by atoms with Gasteiger partial charge in [0.05, 0.1) is 0 Å². The highest BCUT2D eigenvalue weighted by atomic mass is 16.2. The van der Waals surface area contributed by atoms with Crippen molar-refractivity contribution in [3.05, 3.63) is 41.6 Å². The molecular weight excluding hydrogens is 324 g/mol. The second-order valence-electron chi connectivity index (χ2n) is 5.56. The number of carbonyl (C=O) groups is 4. The Hall–Kier alpha value is -3.42. The summed E-state index contributed by atoms with van der Waals surface area (Å²) in [5, 5.41) is 2.91. The zero-order chi connectivity index (χ0) is 18.1. The summed E-state index contributed by atoms with van der Waals surface area (Å²) in [4.78, 5) is 48.4. The number of barbiturate groups is 1. The first-order valence-electron chi connectivity index (χ1n) is 7.67. The number of carbonyl (C=O) groups excluding carboxylic acids is 4. The predicted octanol–water partition coefficient (Wildman–Crippen LogP) is 0.608. The Morgan fingerprint density at radius 1 is 1.24 bits per heavy atom. The number of nitrogens with two attached hydrogens (primary N) is 1. The van der Waals surface area contributed by atoms with Crippen LogP contribution in [-0.4, -0.2) is 39.8 Å². The third-order valence-corrected chi connectivity index (χ3v) is 3.95. The summed E-state index contributed by atoms with van der Waals surface area (Å²) in [6.07, 6.45) is 3.07. The molecule has 1 fully saturated rings. The second-order valence-corrected chi connectivity index (χ2v) is 5.56. The third kappa shape index (κ3) is 2.89. The topological polar surface area (TPSA) is 114 Å². The summed E-state index contributed by atoms with van der Waals surface area (Å²) < 4.78 is 1.65. The van der Waals surface area contributed by atoms with Crippen molar-refractivity contribution in [2.75, 3.05) is 6.54 Å². The maximum Gasteiger partial charge on any atom is 0.331 e. The van der Waals surface area contributed by atoms with E-state index in [9.17, 15) is 19.2 Å². The molecule has 8 nitrogen and oxygen atoms in total. The number of hydrogen-bond acceptors (Lipinski definition) is 4. The minimum Gasteiger partial charge on any atom is -0.368 e. The predicted molar refractivity (Wildman–Crippen MR) is 90.0 cm³/mol. The molecule has 5 amide bonds. The molecule has 0 aliphatic carbocycles. The third-order valence-electron chi connectivity index (χ3n) is 3.95. The Morgan fingerprint density at radius 3 is 2.64 bits per heavy atom. The van der Waals surface area contributed by atoms with E-state index in [-0.39, 0.29) is 18.7 Å². The summed E-state index contributed by atoms with van der Waals surface area (Å²) >= 11 is 0. The highest BCUT2D eigenvalue weighted by Gasteiger charge is 2.34. The molecule has 1 aromatic carbocycles. The molecule has 25 heavy (non-hydrogen) atoms. The number of rotatable bonds is 4. The van der Waals surface area contributed by atoms with Gasteiger partial charge in [0.2, 0.25) is 5.91 Å². The monoisotopic (exact) mass is 340 g/mol. The molecule has 0 saturated carbocycles. The number of benzene rings is 1. The number of aromatic nitrogens is 1. The van der Waals surface area contributed by atoms with Gasteiger partial charge in [0, 0.05) is 29.2 Å². The fraction of sp³-hybridized carbons (Fsp3) is 0.176. The van der Waals surface area contributed by atoms with E-state index < -0.39 is 23.8 Å². The van der Waals surface area contributed by atoms with Crippen LogP contribution in [0, 0.1) is 0 Å². The molecular formula is C17H16N4O4. The van der Waals surface area contributed by atoms with Crippen molar-refractivity contribution >= 4 is 40.7 Å². The molecule has 3 N–H and O–H groups in total. The largest absolute Gasteiger partial charge is 0.368 e. The Morgan fingerprint density at radius 2 is 1.96 bits per heavy atom. The lowest BCUT2D eigenvalue weighted by atomic mass is 10.1. The lowest BCUT2D eigenvalue weighted by Gasteiger charge is -2.24. The molecule has 1 aliphatic rings. The van der Waals surface area contributed by atoms with E-state index in [1.165, 1.54) is 6.08 Å². The average Bonchev–Trinajstić information content (AvgIpc) is 2.89. The van der Waals surface area contributed by atoms with E-state index in [4.69, 9.17) is 5.73 Å². The van der Waals surface area contributed by atoms with Crippen LogP contribution in [0.4, 0.5) is 4.79 Å². The van der Waals surface area contributed by atoms with Crippen molar-refractivity contribution < 1.29 is 19.2 Å². The van der Waals surface area contributed by atoms with Crippen LogP contribution in [0.15, 0.2) is 36.0 Å². The van der Waals surface area contributed by atoms with Gasteiger partial charge >= 0.3 is 6.03 Å². The number of fused-ring (bicyclic) bond motifs is 1. The summed E-state index contributed by atoms with van der Waals surface area (Å²) in [5.74, 6) is -1.90. The summed E-state index contributed by atoms with van der Waals surface area (Å²) in [5.41, 5.74) is 6.47. The smallest absolute Gasteiger partial charge is 0.331 e. The van der Waals surface area contributed by atoms with Crippen molar-refractivity contribution in [1.82, 2.24) is 14.8 Å². The first-order chi connectivity index (χ1) is 11.9. The molecule has 1 aliphatic heterocycles. The van der Waals surface area contributed by atoms with Gasteiger partial charge in [-0.2, -0.15) is 0 Å². The van der Waals surface area contributed by atoms with Gasteiger partial charge in [0.1, 0.15) is 12.1 Å². The van der Waals surface area contributed by atoms with Crippen LogP contribution in [-0.2, 0) is 20.9 Å². The number of primary amides is 1. The van der Waals surface area contributed by atoms with Gasteiger partial charge in [-0.15, -0.1) is 0 Å². The molecule has 128 valence electrons. The number of hydrogen-bond donors (Lipinski definition) is 2. The van der Waals surface area contributed by atoms with Crippen LogP contribution in [0.5, 0.6) is 0 Å². The molecule has 1 aromatic heterocycles. The molecule has 1 saturated heterocycles. The van der Waals surface area contributed by atoms with E-state index in [1.54, 1.807) is 17.7 Å². The molecule has 0 unspecified atom stereocenters. The number of para-hydroxylation sites is 1. The van der Waals surface area contributed by atoms with E-state index in [0.717, 1.165) is 15.8 Å². The van der Waals surface area contributed by atoms with Crippen LogP contribution >= 0.6 is 0 Å². The number of urea groups is 1. The van der Waals surface area contributed by atoms with Crippen LogP contribution in [0.3, 0.4) is 0 Å². The summed E-state index contributed by atoms with van der Waals surface area (Å²) in [7, 11) is 0. The molecule has 2 aromatic rings. The fourth-order valence-electron chi connectivity index (χ4n) is 2.83. The molecule has 2 heterocycles. The Labute approximate surface area is 142 Å². The number of nitrogens with zero attached hydrogens (tertiary/aromatic N) is 2. The first-order valence-corrected chi connectivity index (χ1v) is 7.67. The minimum absolute atomic E-state index is 0.0244. The quantitative estimate of drug-likeness (QED) is 0.627. The van der Waals surface area contributed by atoms with Crippen molar-refractivity contribution in [2.45, 2.75) is 13.5 Å². The zero-order valence-electron chi connectivity index (χ0n) is 13.5. The van der Waals surface area contributed by atoms with Crippen molar-refractivity contribution in [3.8, 4) is 0 Å². The van der Waals surface area contributed by atoms with Gasteiger partial charge in [-0.3, -0.25) is 24.6 Å². The lowest BCUT2D eigenvalue weighted by molar-refractivity contribution is -0.130. The van der Waals surface area contributed by atoms with Crippen LogP contribution in [0.2, 0.25) is 0 Å². The minimum atomic E-state index is -0.744. The highest BCUT2D eigenvalue weighted by Crippen LogP contribution is 2.24. The van der Waals surface area contributed by atoms with Gasteiger partial charge < -0.3 is 10.3 Å². The Bertz CT molecular complexity index is 941. The number of nitrogens with one attached hydrogen (secondary N) is 1. The number of imide groups is 2. The highest BCUT2D eigenvalue weighted by molar-refractivity contribution is 6.31. The van der Waals surface area contributed by atoms with Crippen molar-refractivity contribution in [2.24, 2.45) is 5.73 Å². The van der Waals surface area contributed by atoms with Crippen LogP contribution < -0.4 is 11.1 Å². The fourth-order valence-corrected chi connectivity index (χ4v) is 2.83. The second kappa shape index (κ2) is 6.23. The average molecular weight is 340 g/mol. The standard InChI is InChI=1S/C17H16N4O4/c1-2-21-16(24)12(15(23)19-17(21)25)7-10-8-20(9-14(18)22)13-6-4-3-5-11(10)13/h3-8H,2,9H2,1H3,(H2,18,22)(H,19,23,25)/b12-7+. The molecule has 3 rings (SSSR count).